The van der Waals surface area contributed by atoms with E-state index in [9.17, 15) is 4.79 Å². The number of rotatable bonds is 4. The zero-order valence-electron chi connectivity index (χ0n) is 8.97. The van der Waals surface area contributed by atoms with Crippen molar-refractivity contribution in [3.63, 3.8) is 0 Å². The van der Waals surface area contributed by atoms with Gasteiger partial charge in [-0.05, 0) is 30.0 Å². The van der Waals surface area contributed by atoms with Gasteiger partial charge in [0.05, 0.1) is 4.88 Å². The molecular weight excluding hydrogens is 220 g/mol. The number of benzene rings is 1. The van der Waals surface area contributed by atoms with Crippen molar-refractivity contribution >= 4 is 17.1 Å². The highest BCUT2D eigenvalue weighted by atomic mass is 32.1. The first-order valence-electron chi connectivity index (χ1n) is 5.02. The first-order chi connectivity index (χ1) is 7.77. The number of para-hydroxylation sites is 1. The summed E-state index contributed by atoms with van der Waals surface area (Å²) in [6.45, 7) is 2.07. The molecule has 2 aromatic rings. The first-order valence-corrected chi connectivity index (χ1v) is 5.90. The molecule has 1 aromatic carbocycles. The Bertz CT molecular complexity index is 474. The summed E-state index contributed by atoms with van der Waals surface area (Å²) in [4.78, 5) is 12.4. The van der Waals surface area contributed by atoms with Crippen LogP contribution in [0.5, 0.6) is 5.75 Å². The van der Waals surface area contributed by atoms with E-state index in [1.807, 2.05) is 48.7 Å². The van der Waals surface area contributed by atoms with Gasteiger partial charge in [-0.1, -0.05) is 24.3 Å². The number of hydrogen-bond acceptors (Lipinski definition) is 3. The standard InChI is InChI=1S/C13H12O2S/c1-10-5-2-3-6-12(10)15-9-11(14)13-7-4-8-16-13/h2-8H,9H2,1H3. The van der Waals surface area contributed by atoms with Crippen LogP contribution in [0.2, 0.25) is 0 Å². The maximum Gasteiger partial charge on any atom is 0.210 e. The second-order valence-corrected chi connectivity index (χ2v) is 4.40. The number of Topliss-reactive ketones (excluding diaryl/α,β-unsaturated/α-hetero) is 1. The molecule has 0 radical (unpaired) electrons. The molecule has 0 saturated carbocycles. The monoisotopic (exact) mass is 232 g/mol. The molecular formula is C13H12O2S. The van der Waals surface area contributed by atoms with Gasteiger partial charge in [-0.3, -0.25) is 4.79 Å². The van der Waals surface area contributed by atoms with Gasteiger partial charge < -0.3 is 4.74 Å². The van der Waals surface area contributed by atoms with E-state index in [2.05, 4.69) is 0 Å². The van der Waals surface area contributed by atoms with Crippen molar-refractivity contribution in [2.45, 2.75) is 6.92 Å². The lowest BCUT2D eigenvalue weighted by atomic mass is 10.2. The zero-order chi connectivity index (χ0) is 11.4. The summed E-state index contributed by atoms with van der Waals surface area (Å²) in [5, 5.41) is 1.89. The summed E-state index contributed by atoms with van der Waals surface area (Å²) in [5.74, 6) is 0.797. The quantitative estimate of drug-likeness (QED) is 0.756. The SMILES string of the molecule is Cc1ccccc1OCC(=O)c1cccs1. The minimum absolute atomic E-state index is 0.0262. The van der Waals surface area contributed by atoms with E-state index in [4.69, 9.17) is 4.74 Å². The fourth-order valence-corrected chi connectivity index (χ4v) is 2.02. The number of ketones is 1. The maximum absolute atomic E-state index is 11.7. The maximum atomic E-state index is 11.7. The highest BCUT2D eigenvalue weighted by molar-refractivity contribution is 7.12. The highest BCUT2D eigenvalue weighted by Crippen LogP contribution is 2.17. The van der Waals surface area contributed by atoms with Crippen molar-refractivity contribution in [3.05, 3.63) is 52.2 Å². The Balaban J connectivity index is 1.98. The molecule has 1 aromatic heterocycles. The minimum atomic E-state index is 0.0262. The fraction of sp³-hybridized carbons (Fsp3) is 0.154. The number of hydrogen-bond donors (Lipinski definition) is 0. The first kappa shape index (κ1) is 10.9. The number of aryl methyl sites for hydroxylation is 1. The van der Waals surface area contributed by atoms with Gasteiger partial charge in [-0.25, -0.2) is 0 Å². The van der Waals surface area contributed by atoms with E-state index in [1.54, 1.807) is 0 Å². The van der Waals surface area contributed by atoms with Crippen molar-refractivity contribution < 1.29 is 9.53 Å². The molecule has 0 amide bonds. The van der Waals surface area contributed by atoms with Crippen molar-refractivity contribution in [1.29, 1.82) is 0 Å². The second kappa shape index (κ2) is 4.94. The third-order valence-electron chi connectivity index (χ3n) is 2.25. The van der Waals surface area contributed by atoms with Crippen LogP contribution in [-0.2, 0) is 0 Å². The van der Waals surface area contributed by atoms with Crippen molar-refractivity contribution in [2.75, 3.05) is 6.61 Å². The number of carbonyl (C=O) groups is 1. The topological polar surface area (TPSA) is 26.3 Å². The zero-order valence-corrected chi connectivity index (χ0v) is 9.79. The molecule has 0 unspecified atom stereocenters. The lowest BCUT2D eigenvalue weighted by molar-refractivity contribution is 0.0925. The molecule has 2 rings (SSSR count). The molecule has 16 heavy (non-hydrogen) atoms. The lowest BCUT2D eigenvalue weighted by Crippen LogP contribution is -2.10. The molecule has 82 valence electrons. The number of ether oxygens (including phenoxy) is 1. The van der Waals surface area contributed by atoms with Crippen LogP contribution in [0.15, 0.2) is 41.8 Å². The highest BCUT2D eigenvalue weighted by Gasteiger charge is 2.08. The molecule has 0 atom stereocenters. The van der Waals surface area contributed by atoms with Gasteiger partial charge in [-0.2, -0.15) is 0 Å². The van der Waals surface area contributed by atoms with Crippen LogP contribution in [-0.4, -0.2) is 12.4 Å². The van der Waals surface area contributed by atoms with Crippen molar-refractivity contribution in [3.8, 4) is 5.75 Å². The Morgan fingerprint density at radius 1 is 1.25 bits per heavy atom. The smallest absolute Gasteiger partial charge is 0.210 e. The molecule has 0 aliphatic carbocycles. The molecule has 0 N–H and O–H groups in total. The van der Waals surface area contributed by atoms with Gasteiger partial charge in [0, 0.05) is 0 Å². The minimum Gasteiger partial charge on any atom is -0.485 e. The predicted molar refractivity (Wildman–Crippen MR) is 65.3 cm³/mol. The van der Waals surface area contributed by atoms with Crippen LogP contribution >= 0.6 is 11.3 Å². The van der Waals surface area contributed by atoms with Gasteiger partial charge in [0.2, 0.25) is 5.78 Å². The second-order valence-electron chi connectivity index (χ2n) is 3.45. The van der Waals surface area contributed by atoms with Gasteiger partial charge >= 0.3 is 0 Å². The van der Waals surface area contributed by atoms with Crippen LogP contribution < -0.4 is 4.74 Å². The predicted octanol–water partition coefficient (Wildman–Crippen LogP) is 3.32. The molecule has 2 nitrogen and oxygen atoms in total. The molecule has 3 heteroatoms. The lowest BCUT2D eigenvalue weighted by Gasteiger charge is -2.06. The summed E-state index contributed by atoms with van der Waals surface area (Å²) >= 11 is 1.44. The summed E-state index contributed by atoms with van der Waals surface area (Å²) in [6.07, 6.45) is 0. The molecule has 0 spiro atoms. The van der Waals surface area contributed by atoms with Crippen molar-refractivity contribution in [1.82, 2.24) is 0 Å². The van der Waals surface area contributed by atoms with Crippen LogP contribution in [0.3, 0.4) is 0 Å². The average Bonchev–Trinajstić information content (AvgIpc) is 2.81. The van der Waals surface area contributed by atoms with E-state index >= 15 is 0 Å². The molecule has 0 bridgehead atoms. The fourth-order valence-electron chi connectivity index (χ4n) is 1.37. The van der Waals surface area contributed by atoms with E-state index in [0.717, 1.165) is 16.2 Å². The number of thiophene rings is 1. The third kappa shape index (κ3) is 2.49. The van der Waals surface area contributed by atoms with Gasteiger partial charge in [-0.15, -0.1) is 11.3 Å². The van der Waals surface area contributed by atoms with Crippen LogP contribution in [0, 0.1) is 6.92 Å². The van der Waals surface area contributed by atoms with E-state index < -0.39 is 0 Å². The number of carbonyl (C=O) groups excluding carboxylic acids is 1. The summed E-state index contributed by atoms with van der Waals surface area (Å²) < 4.78 is 5.48. The Kier molecular flexibility index (Phi) is 3.37. The molecule has 0 fully saturated rings. The van der Waals surface area contributed by atoms with Gasteiger partial charge in [0.25, 0.3) is 0 Å². The van der Waals surface area contributed by atoms with Crippen molar-refractivity contribution in [2.24, 2.45) is 0 Å². The largest absolute Gasteiger partial charge is 0.485 e. The van der Waals surface area contributed by atoms with Crippen LogP contribution in [0.25, 0.3) is 0 Å². The summed E-state index contributed by atoms with van der Waals surface area (Å²) in [6, 6.07) is 11.4. The molecule has 0 aliphatic rings. The van der Waals surface area contributed by atoms with E-state index in [1.165, 1.54) is 11.3 Å². The van der Waals surface area contributed by atoms with Crippen LogP contribution in [0.1, 0.15) is 15.2 Å². The van der Waals surface area contributed by atoms with E-state index in [-0.39, 0.29) is 12.4 Å². The average molecular weight is 232 g/mol. The molecule has 0 saturated heterocycles. The Morgan fingerprint density at radius 2 is 2.06 bits per heavy atom. The van der Waals surface area contributed by atoms with Gasteiger partial charge in [0.15, 0.2) is 6.61 Å². The molecule has 0 aliphatic heterocycles. The molecule has 1 heterocycles. The summed E-state index contributed by atoms with van der Waals surface area (Å²) in [7, 11) is 0. The third-order valence-corrected chi connectivity index (χ3v) is 3.16. The Hall–Kier alpha value is -1.61. The van der Waals surface area contributed by atoms with E-state index in [0.29, 0.717) is 0 Å². The van der Waals surface area contributed by atoms with Crippen LogP contribution in [0.4, 0.5) is 0 Å². The normalized spacial score (nSPS) is 10.1. The van der Waals surface area contributed by atoms with Gasteiger partial charge in [0.1, 0.15) is 5.75 Å². The Morgan fingerprint density at radius 3 is 2.75 bits per heavy atom. The Labute approximate surface area is 98.5 Å². The summed E-state index contributed by atoms with van der Waals surface area (Å²) in [5.41, 5.74) is 1.04.